The number of likely N-dealkylation sites (tertiary alicyclic amines) is 3. The average Bonchev–Trinajstić information content (AvgIpc) is 3.34. The average molecular weight is 412 g/mol. The maximum atomic E-state index is 13.1. The molecule has 164 valence electrons. The largest absolute Gasteiger partial charge is 0.342 e. The van der Waals surface area contributed by atoms with Crippen LogP contribution in [-0.4, -0.2) is 71.8 Å². The molecule has 1 aromatic rings. The molecule has 3 heterocycles. The number of benzene rings is 1. The molecule has 1 aromatic carbocycles. The Hall–Kier alpha value is -1.88. The number of rotatable bonds is 5. The molecule has 0 spiro atoms. The normalized spacial score (nSPS) is 23.0. The lowest BCUT2D eigenvalue weighted by atomic mass is 9.90. The molecular formula is C25H37N3O2. The van der Waals surface area contributed by atoms with Crippen molar-refractivity contribution in [3.05, 3.63) is 35.9 Å². The van der Waals surface area contributed by atoms with Gasteiger partial charge in [0.25, 0.3) is 0 Å². The fraction of sp³-hybridized carbons (Fsp3) is 0.680. The van der Waals surface area contributed by atoms with Crippen molar-refractivity contribution in [2.45, 2.75) is 57.9 Å². The fourth-order valence-corrected chi connectivity index (χ4v) is 5.45. The summed E-state index contributed by atoms with van der Waals surface area (Å²) in [5, 5.41) is 0. The molecule has 3 aliphatic heterocycles. The molecule has 5 heteroatoms. The van der Waals surface area contributed by atoms with E-state index in [1.165, 1.54) is 5.56 Å². The first-order valence-electron chi connectivity index (χ1n) is 12.0. The zero-order chi connectivity index (χ0) is 20.9. The predicted octanol–water partition coefficient (Wildman–Crippen LogP) is 3.19. The molecule has 5 nitrogen and oxygen atoms in total. The second kappa shape index (κ2) is 9.95. The van der Waals surface area contributed by atoms with Gasteiger partial charge in [0, 0.05) is 32.1 Å². The molecule has 3 fully saturated rings. The van der Waals surface area contributed by atoms with E-state index >= 15 is 0 Å². The summed E-state index contributed by atoms with van der Waals surface area (Å²) >= 11 is 0. The Labute approximate surface area is 181 Å². The van der Waals surface area contributed by atoms with Gasteiger partial charge < -0.3 is 9.80 Å². The lowest BCUT2D eigenvalue weighted by molar-refractivity contribution is -0.139. The Bertz CT molecular complexity index is 700. The molecule has 0 saturated carbocycles. The standard InChI is InChI=1S/C25H37N3O2/c1-20(26-17-11-23(12-18-26)25(30)27-13-5-6-14-27)24(29)28-15-9-22(10-16-28)19-21-7-3-2-4-8-21/h2-4,7-8,20,22-23H,5-6,9-19H2,1H3. The topological polar surface area (TPSA) is 43.9 Å². The molecular weight excluding hydrogens is 374 g/mol. The molecule has 3 aliphatic rings. The first kappa shape index (κ1) is 21.4. The van der Waals surface area contributed by atoms with E-state index in [1.54, 1.807) is 0 Å². The fourth-order valence-electron chi connectivity index (χ4n) is 5.45. The molecule has 0 bridgehead atoms. The van der Waals surface area contributed by atoms with Crippen molar-refractivity contribution in [3.8, 4) is 0 Å². The second-order valence-corrected chi connectivity index (χ2v) is 9.48. The van der Waals surface area contributed by atoms with E-state index in [0.717, 1.165) is 84.2 Å². The van der Waals surface area contributed by atoms with Gasteiger partial charge in [-0.1, -0.05) is 30.3 Å². The van der Waals surface area contributed by atoms with Gasteiger partial charge in [0.05, 0.1) is 6.04 Å². The molecule has 1 atom stereocenters. The quantitative estimate of drug-likeness (QED) is 0.747. The van der Waals surface area contributed by atoms with E-state index in [0.29, 0.717) is 11.8 Å². The van der Waals surface area contributed by atoms with Crippen molar-refractivity contribution < 1.29 is 9.59 Å². The Balaban J connectivity index is 1.21. The maximum Gasteiger partial charge on any atom is 0.239 e. The van der Waals surface area contributed by atoms with Crippen LogP contribution in [0.1, 0.15) is 51.0 Å². The van der Waals surface area contributed by atoms with Crippen molar-refractivity contribution in [1.29, 1.82) is 0 Å². The second-order valence-electron chi connectivity index (χ2n) is 9.48. The van der Waals surface area contributed by atoms with Crippen molar-refractivity contribution in [2.24, 2.45) is 11.8 Å². The molecule has 2 amide bonds. The van der Waals surface area contributed by atoms with Crippen LogP contribution in [0.25, 0.3) is 0 Å². The summed E-state index contributed by atoms with van der Waals surface area (Å²) in [5.41, 5.74) is 1.40. The number of carbonyl (C=O) groups is 2. The number of hydrogen-bond acceptors (Lipinski definition) is 3. The van der Waals surface area contributed by atoms with E-state index in [2.05, 4.69) is 52.0 Å². The van der Waals surface area contributed by atoms with E-state index in [9.17, 15) is 9.59 Å². The number of carbonyl (C=O) groups excluding carboxylic acids is 2. The van der Waals surface area contributed by atoms with E-state index in [1.807, 2.05) is 0 Å². The zero-order valence-corrected chi connectivity index (χ0v) is 18.5. The number of hydrogen-bond donors (Lipinski definition) is 0. The van der Waals surface area contributed by atoms with Gasteiger partial charge in [0.2, 0.25) is 11.8 Å². The van der Waals surface area contributed by atoms with Gasteiger partial charge in [-0.05, 0) is 76.4 Å². The lowest BCUT2D eigenvalue weighted by Crippen LogP contribution is -2.52. The first-order valence-corrected chi connectivity index (χ1v) is 12.0. The van der Waals surface area contributed by atoms with Crippen molar-refractivity contribution >= 4 is 11.8 Å². The van der Waals surface area contributed by atoms with Crippen molar-refractivity contribution in [2.75, 3.05) is 39.3 Å². The molecule has 3 saturated heterocycles. The third-order valence-electron chi connectivity index (χ3n) is 7.50. The third kappa shape index (κ3) is 5.05. The highest BCUT2D eigenvalue weighted by Gasteiger charge is 2.34. The number of piperidine rings is 2. The molecule has 0 aromatic heterocycles. The van der Waals surface area contributed by atoms with Crippen molar-refractivity contribution in [1.82, 2.24) is 14.7 Å². The van der Waals surface area contributed by atoms with Crippen LogP contribution >= 0.6 is 0 Å². The minimum Gasteiger partial charge on any atom is -0.342 e. The highest BCUT2D eigenvalue weighted by Crippen LogP contribution is 2.26. The zero-order valence-electron chi connectivity index (χ0n) is 18.5. The maximum absolute atomic E-state index is 13.1. The summed E-state index contributed by atoms with van der Waals surface area (Å²) < 4.78 is 0. The van der Waals surface area contributed by atoms with E-state index < -0.39 is 0 Å². The number of amides is 2. The van der Waals surface area contributed by atoms with Crippen LogP contribution in [0.15, 0.2) is 30.3 Å². The van der Waals surface area contributed by atoms with Crippen LogP contribution in [-0.2, 0) is 16.0 Å². The smallest absolute Gasteiger partial charge is 0.239 e. The van der Waals surface area contributed by atoms with Crippen molar-refractivity contribution in [3.63, 3.8) is 0 Å². The molecule has 0 radical (unpaired) electrons. The Morgan fingerprint density at radius 2 is 1.50 bits per heavy atom. The van der Waals surface area contributed by atoms with Crippen LogP contribution < -0.4 is 0 Å². The minimum atomic E-state index is -0.0708. The highest BCUT2D eigenvalue weighted by atomic mass is 16.2. The lowest BCUT2D eigenvalue weighted by Gasteiger charge is -2.39. The van der Waals surface area contributed by atoms with Gasteiger partial charge in [-0.2, -0.15) is 0 Å². The van der Waals surface area contributed by atoms with Crippen LogP contribution in [0.3, 0.4) is 0 Å². The van der Waals surface area contributed by atoms with Gasteiger partial charge in [-0.25, -0.2) is 0 Å². The molecule has 0 N–H and O–H groups in total. The van der Waals surface area contributed by atoms with Crippen LogP contribution in [0.4, 0.5) is 0 Å². The SMILES string of the molecule is CC(C(=O)N1CCC(Cc2ccccc2)CC1)N1CCC(C(=O)N2CCCC2)CC1. The van der Waals surface area contributed by atoms with E-state index in [4.69, 9.17) is 0 Å². The molecule has 1 unspecified atom stereocenters. The minimum absolute atomic E-state index is 0.0708. The van der Waals surface area contributed by atoms with Gasteiger partial charge in [0.1, 0.15) is 0 Å². The van der Waals surface area contributed by atoms with Crippen LogP contribution in [0.5, 0.6) is 0 Å². The number of nitrogens with zero attached hydrogens (tertiary/aromatic N) is 3. The van der Waals surface area contributed by atoms with Crippen LogP contribution in [0.2, 0.25) is 0 Å². The summed E-state index contributed by atoms with van der Waals surface area (Å²) in [6, 6.07) is 10.6. The highest BCUT2D eigenvalue weighted by molar-refractivity contribution is 5.82. The van der Waals surface area contributed by atoms with E-state index in [-0.39, 0.29) is 17.9 Å². The molecule has 30 heavy (non-hydrogen) atoms. The van der Waals surface area contributed by atoms with Gasteiger partial charge >= 0.3 is 0 Å². The Morgan fingerprint density at radius 3 is 2.13 bits per heavy atom. The van der Waals surface area contributed by atoms with Gasteiger partial charge in [0.15, 0.2) is 0 Å². The molecule has 0 aliphatic carbocycles. The molecule has 4 rings (SSSR count). The Kier molecular flexibility index (Phi) is 7.08. The van der Waals surface area contributed by atoms with Gasteiger partial charge in [-0.3, -0.25) is 14.5 Å². The summed E-state index contributed by atoms with van der Waals surface area (Å²) in [6.45, 7) is 7.42. The Morgan fingerprint density at radius 1 is 0.867 bits per heavy atom. The summed E-state index contributed by atoms with van der Waals surface area (Å²) in [6.07, 6.45) is 7.41. The predicted molar refractivity (Wildman–Crippen MR) is 119 cm³/mol. The summed E-state index contributed by atoms with van der Waals surface area (Å²) in [5.74, 6) is 1.47. The monoisotopic (exact) mass is 411 g/mol. The summed E-state index contributed by atoms with van der Waals surface area (Å²) in [7, 11) is 0. The van der Waals surface area contributed by atoms with Crippen LogP contribution in [0, 0.1) is 11.8 Å². The van der Waals surface area contributed by atoms with Gasteiger partial charge in [-0.15, -0.1) is 0 Å². The third-order valence-corrected chi connectivity index (χ3v) is 7.50. The first-order chi connectivity index (χ1) is 14.6. The summed E-state index contributed by atoms with van der Waals surface area (Å²) in [4.78, 5) is 32.2.